The minimum atomic E-state index is -3.48. The zero-order valence-corrected chi connectivity index (χ0v) is 26.1. The molecule has 0 saturated heterocycles. The zero-order valence-electron chi connectivity index (χ0n) is 21.3. The molecule has 4 rings (SSSR count). The molecule has 12 heteroatoms. The molecule has 0 fully saturated rings. The number of aryl methyl sites for hydroxylation is 2. The Morgan fingerprint density at radius 3 is 1.43 bits per heavy atom. The van der Waals surface area contributed by atoms with Crippen LogP contribution in [0.25, 0.3) is 0 Å². The highest BCUT2D eigenvalue weighted by molar-refractivity contribution is 7.91. The number of thiocarbonyl (C=S) groups is 2. The minimum absolute atomic E-state index is 0.0556. The van der Waals surface area contributed by atoms with Gasteiger partial charge in [0.25, 0.3) is 0 Å². The summed E-state index contributed by atoms with van der Waals surface area (Å²) in [6.07, 6.45) is 0. The number of benzene rings is 4. The van der Waals surface area contributed by atoms with E-state index in [2.05, 4.69) is 34.6 Å². The largest absolute Gasteiger partial charge is 0.399 e. The van der Waals surface area contributed by atoms with Gasteiger partial charge >= 0.3 is 0 Å². The fraction of sp³-hybridized carbons (Fsp3) is 0.0714. The van der Waals surface area contributed by atoms with E-state index in [0.29, 0.717) is 21.2 Å². The standard InChI is InChI=1S/C14H11NO2S2.C13H13NO2S.CCl2S/c1-11-3-2-4-14(9-11)19(16,17)13-7-5-12(6-8-13)15-10-18;1-10-3-2-4-13(9-10)17(15,16)12-7-5-11(14)6-8-12;2-1(3)4/h2-9H,1H3;2-9H,14H2,1H3;. The van der Waals surface area contributed by atoms with Crippen LogP contribution < -0.4 is 5.73 Å². The minimum Gasteiger partial charge on any atom is -0.399 e. The summed E-state index contributed by atoms with van der Waals surface area (Å²) in [5.74, 6) is 0. The number of nitrogens with two attached hydrogens (primary N) is 1. The third-order valence-electron chi connectivity index (χ3n) is 5.11. The van der Waals surface area contributed by atoms with E-state index in [1.165, 1.54) is 24.3 Å². The maximum absolute atomic E-state index is 12.4. The highest BCUT2D eigenvalue weighted by Crippen LogP contribution is 2.24. The van der Waals surface area contributed by atoms with Crippen molar-refractivity contribution in [2.75, 3.05) is 5.73 Å². The van der Waals surface area contributed by atoms with Crippen LogP contribution in [0.5, 0.6) is 0 Å². The van der Waals surface area contributed by atoms with Gasteiger partial charge in [-0.2, -0.15) is 4.99 Å². The summed E-state index contributed by atoms with van der Waals surface area (Å²) in [4.78, 5) is 4.88. The molecule has 0 spiro atoms. The van der Waals surface area contributed by atoms with Gasteiger partial charge in [-0.3, -0.25) is 0 Å². The highest BCUT2D eigenvalue weighted by Gasteiger charge is 2.18. The second-order valence-corrected chi connectivity index (χ2v) is 14.0. The number of halogens is 2. The van der Waals surface area contributed by atoms with E-state index in [1.54, 1.807) is 60.7 Å². The fourth-order valence-electron chi connectivity index (χ4n) is 3.24. The van der Waals surface area contributed by atoms with Gasteiger partial charge in [0.2, 0.25) is 19.7 Å². The molecule has 0 aromatic heterocycles. The molecule has 40 heavy (non-hydrogen) atoms. The van der Waals surface area contributed by atoms with Crippen molar-refractivity contribution in [1.29, 1.82) is 0 Å². The lowest BCUT2D eigenvalue weighted by atomic mass is 10.2. The number of hydrogen-bond acceptors (Lipinski definition) is 8. The molecule has 2 N–H and O–H groups in total. The Balaban J connectivity index is 0.000000249. The fourth-order valence-corrected chi connectivity index (χ4v) is 6.07. The predicted molar refractivity (Wildman–Crippen MR) is 170 cm³/mol. The quantitative estimate of drug-likeness (QED) is 0.102. The molecule has 0 amide bonds. The van der Waals surface area contributed by atoms with Crippen LogP contribution in [-0.4, -0.2) is 25.8 Å². The van der Waals surface area contributed by atoms with Crippen molar-refractivity contribution in [1.82, 2.24) is 0 Å². The summed E-state index contributed by atoms with van der Waals surface area (Å²) >= 11 is 18.1. The molecule has 0 bridgehead atoms. The summed E-state index contributed by atoms with van der Waals surface area (Å²) in [5, 5.41) is 2.24. The van der Waals surface area contributed by atoms with E-state index in [0.717, 1.165) is 11.1 Å². The van der Waals surface area contributed by atoms with Crippen LogP contribution in [-0.2, 0) is 19.7 Å². The van der Waals surface area contributed by atoms with Crippen molar-refractivity contribution in [3.63, 3.8) is 0 Å². The van der Waals surface area contributed by atoms with Gasteiger partial charge in [0.15, 0.2) is 3.78 Å². The lowest BCUT2D eigenvalue weighted by Crippen LogP contribution is -2.02. The van der Waals surface area contributed by atoms with Crippen LogP contribution >= 0.6 is 47.6 Å². The van der Waals surface area contributed by atoms with Gasteiger partial charge in [0.05, 0.1) is 30.4 Å². The Bertz CT molecular complexity index is 1730. The molecule has 0 unspecified atom stereocenters. The van der Waals surface area contributed by atoms with Gasteiger partial charge < -0.3 is 5.73 Å². The Morgan fingerprint density at radius 1 is 0.700 bits per heavy atom. The van der Waals surface area contributed by atoms with Gasteiger partial charge in [-0.05, 0) is 110 Å². The van der Waals surface area contributed by atoms with Crippen molar-refractivity contribution >= 4 is 87.6 Å². The summed E-state index contributed by atoms with van der Waals surface area (Å²) < 4.78 is 49.2. The lowest BCUT2D eigenvalue weighted by Gasteiger charge is -2.05. The maximum atomic E-state index is 12.4. The average Bonchev–Trinajstić information content (AvgIpc) is 2.90. The Kier molecular flexibility index (Phi) is 12.6. The van der Waals surface area contributed by atoms with Gasteiger partial charge in [-0.1, -0.05) is 59.7 Å². The van der Waals surface area contributed by atoms with E-state index in [-0.39, 0.29) is 13.6 Å². The summed E-state index contributed by atoms with van der Waals surface area (Å²) in [7, 11) is -6.92. The number of nitrogen functional groups attached to an aromatic ring is 1. The van der Waals surface area contributed by atoms with Gasteiger partial charge in [-0.15, -0.1) is 0 Å². The van der Waals surface area contributed by atoms with Crippen molar-refractivity contribution in [3.05, 3.63) is 108 Å². The molecule has 0 atom stereocenters. The zero-order chi connectivity index (χ0) is 29.9. The van der Waals surface area contributed by atoms with Crippen LogP contribution in [0.15, 0.2) is 122 Å². The van der Waals surface area contributed by atoms with Crippen LogP contribution in [0.2, 0.25) is 0 Å². The summed E-state index contributed by atoms with van der Waals surface area (Å²) in [6.45, 7) is 3.72. The predicted octanol–water partition coefficient (Wildman–Crippen LogP) is 7.72. The molecule has 4 aromatic rings. The molecule has 0 heterocycles. The first-order valence-electron chi connectivity index (χ1n) is 11.3. The second-order valence-electron chi connectivity index (χ2n) is 8.13. The van der Waals surface area contributed by atoms with E-state index < -0.39 is 19.7 Å². The SMILES string of the molecule is Cc1cccc(S(=O)(=O)c2ccc(N)cc2)c1.Cc1cccc(S(=O)(=O)c2ccc(N=C=S)cc2)c1.S=C(Cl)Cl. The number of sulfone groups is 2. The Labute approximate surface area is 255 Å². The van der Waals surface area contributed by atoms with Crippen LogP contribution in [0.3, 0.4) is 0 Å². The topological polar surface area (TPSA) is 107 Å². The monoisotopic (exact) mass is 650 g/mol. The molecular formula is C28H24Cl2N2O4S4. The number of nitrogens with zero attached hydrogens (tertiary/aromatic N) is 1. The second kappa shape index (κ2) is 15.2. The molecular weight excluding hydrogens is 627 g/mol. The van der Waals surface area contributed by atoms with Crippen molar-refractivity contribution in [2.24, 2.45) is 4.99 Å². The van der Waals surface area contributed by atoms with Gasteiger partial charge in [0, 0.05) is 5.69 Å². The summed E-state index contributed by atoms with van der Waals surface area (Å²) in [5.41, 5.74) is 8.49. The average molecular weight is 652 g/mol. The van der Waals surface area contributed by atoms with Crippen LogP contribution in [0.4, 0.5) is 11.4 Å². The van der Waals surface area contributed by atoms with Gasteiger partial charge in [-0.25, -0.2) is 16.8 Å². The number of aliphatic imine (C=N–C) groups is 1. The van der Waals surface area contributed by atoms with Crippen molar-refractivity contribution < 1.29 is 16.8 Å². The first kappa shape index (κ1) is 33.3. The molecule has 0 aliphatic heterocycles. The Hall–Kier alpha value is -2.95. The third-order valence-corrected chi connectivity index (χ3v) is 8.74. The number of hydrogen-bond donors (Lipinski definition) is 1. The highest BCUT2D eigenvalue weighted by atomic mass is 35.5. The lowest BCUT2D eigenvalue weighted by molar-refractivity contribution is 0.594. The van der Waals surface area contributed by atoms with E-state index in [9.17, 15) is 16.8 Å². The van der Waals surface area contributed by atoms with Crippen molar-refractivity contribution in [3.8, 4) is 0 Å². The first-order valence-corrected chi connectivity index (χ1v) is 15.8. The number of anilines is 1. The van der Waals surface area contributed by atoms with Crippen LogP contribution in [0.1, 0.15) is 11.1 Å². The Morgan fingerprint density at radius 2 is 1.07 bits per heavy atom. The van der Waals surface area contributed by atoms with E-state index in [1.807, 2.05) is 26.0 Å². The smallest absolute Gasteiger partial charge is 0.206 e. The molecule has 6 nitrogen and oxygen atoms in total. The third kappa shape index (κ3) is 9.91. The maximum Gasteiger partial charge on any atom is 0.206 e. The molecule has 4 aromatic carbocycles. The summed E-state index contributed by atoms with van der Waals surface area (Å²) in [6, 6.07) is 26.1. The molecule has 0 aliphatic rings. The molecule has 0 radical (unpaired) electrons. The number of rotatable bonds is 5. The number of isothiocyanates is 1. The first-order chi connectivity index (χ1) is 18.8. The normalized spacial score (nSPS) is 10.6. The van der Waals surface area contributed by atoms with E-state index in [4.69, 9.17) is 28.9 Å². The molecule has 208 valence electrons. The van der Waals surface area contributed by atoms with Crippen molar-refractivity contribution in [2.45, 2.75) is 33.4 Å². The van der Waals surface area contributed by atoms with E-state index >= 15 is 0 Å². The molecule has 0 aliphatic carbocycles. The van der Waals surface area contributed by atoms with Crippen LogP contribution in [0, 0.1) is 13.8 Å². The molecule has 0 saturated carbocycles. The van der Waals surface area contributed by atoms with Gasteiger partial charge in [0.1, 0.15) is 0 Å².